The van der Waals surface area contributed by atoms with E-state index in [0.29, 0.717) is 30.4 Å². The summed E-state index contributed by atoms with van der Waals surface area (Å²) >= 11 is 6.12. The molecular weight excluding hydrogens is 278 g/mol. The van der Waals surface area contributed by atoms with Crippen molar-refractivity contribution in [1.29, 1.82) is 0 Å². The molecule has 0 aliphatic carbocycles. The van der Waals surface area contributed by atoms with Gasteiger partial charge >= 0.3 is 0 Å². The number of rotatable bonds is 6. The van der Waals surface area contributed by atoms with Gasteiger partial charge in [-0.2, -0.15) is 5.10 Å². The van der Waals surface area contributed by atoms with Crippen LogP contribution in [0.2, 0.25) is 5.02 Å². The minimum Gasteiger partial charge on any atom is -0.367 e. The van der Waals surface area contributed by atoms with Crippen molar-refractivity contribution in [3.63, 3.8) is 0 Å². The van der Waals surface area contributed by atoms with Gasteiger partial charge in [0.1, 0.15) is 11.8 Å². The predicted molar refractivity (Wildman–Crippen MR) is 78.3 cm³/mol. The normalized spacial score (nSPS) is 20.2. The number of ketones is 1. The van der Waals surface area contributed by atoms with Crippen molar-refractivity contribution in [3.05, 3.63) is 16.9 Å². The lowest BCUT2D eigenvalue weighted by Crippen LogP contribution is -2.46. The molecule has 0 N–H and O–H groups in total. The molecule has 112 valence electrons. The molecule has 0 bridgehead atoms. The highest BCUT2D eigenvalue weighted by atomic mass is 35.5. The molecule has 2 heterocycles. The third kappa shape index (κ3) is 3.40. The van der Waals surface area contributed by atoms with Gasteiger partial charge in [-0.15, -0.1) is 0 Å². The van der Waals surface area contributed by atoms with E-state index in [1.807, 2.05) is 6.92 Å². The van der Waals surface area contributed by atoms with Crippen molar-refractivity contribution in [2.45, 2.75) is 39.3 Å². The first kappa shape index (κ1) is 15.5. The van der Waals surface area contributed by atoms with Crippen LogP contribution in [0.5, 0.6) is 0 Å². The number of halogens is 1. The van der Waals surface area contributed by atoms with Gasteiger partial charge in [0.2, 0.25) is 5.78 Å². The summed E-state index contributed by atoms with van der Waals surface area (Å²) in [5.74, 6) is -0.0539. The van der Waals surface area contributed by atoms with Crippen molar-refractivity contribution in [2.24, 2.45) is 0 Å². The number of nitrogens with zero attached hydrogens (tertiary/aromatic N) is 3. The lowest BCUT2D eigenvalue weighted by molar-refractivity contribution is -0.0168. The lowest BCUT2D eigenvalue weighted by atomic mass is 10.1. The number of carbonyl (C=O) groups is 1. The quantitative estimate of drug-likeness (QED) is 0.756. The molecule has 1 fully saturated rings. The number of Topliss-reactive ketones (excluding diaryl/α,β-unsaturated/α-hetero) is 1. The topological polar surface area (TPSA) is 47.4 Å². The highest BCUT2D eigenvalue weighted by Crippen LogP contribution is 2.20. The van der Waals surface area contributed by atoms with E-state index in [1.54, 1.807) is 4.68 Å². The number of morpholine rings is 1. The van der Waals surface area contributed by atoms with Gasteiger partial charge in [0.15, 0.2) is 0 Å². The zero-order valence-electron chi connectivity index (χ0n) is 12.1. The van der Waals surface area contributed by atoms with Gasteiger partial charge in [0.25, 0.3) is 0 Å². The summed E-state index contributed by atoms with van der Waals surface area (Å²) in [6.45, 7) is 7.99. The summed E-state index contributed by atoms with van der Waals surface area (Å²) in [6.07, 6.45) is 3.10. The summed E-state index contributed by atoms with van der Waals surface area (Å²) < 4.78 is 7.32. The predicted octanol–water partition coefficient (Wildman–Crippen LogP) is 2.24. The van der Waals surface area contributed by atoms with Crippen LogP contribution in [-0.2, 0) is 11.3 Å². The van der Waals surface area contributed by atoms with E-state index in [-0.39, 0.29) is 5.78 Å². The largest absolute Gasteiger partial charge is 0.367 e. The number of carbonyl (C=O) groups excluding carboxylic acids is 1. The zero-order chi connectivity index (χ0) is 14.5. The third-order valence-electron chi connectivity index (χ3n) is 3.45. The first-order chi connectivity index (χ1) is 9.67. The van der Waals surface area contributed by atoms with Crippen LogP contribution in [0, 0.1) is 0 Å². The van der Waals surface area contributed by atoms with Gasteiger partial charge in [-0.1, -0.05) is 25.4 Å². The van der Waals surface area contributed by atoms with Crippen LogP contribution in [0.25, 0.3) is 0 Å². The maximum Gasteiger partial charge on any atom is 0.212 e. The molecule has 6 heteroatoms. The molecule has 0 radical (unpaired) electrons. The average molecular weight is 300 g/mol. The Morgan fingerprint density at radius 1 is 1.45 bits per heavy atom. The van der Waals surface area contributed by atoms with E-state index < -0.39 is 6.10 Å². The van der Waals surface area contributed by atoms with Gasteiger partial charge in [-0.25, -0.2) is 0 Å². The Kier molecular flexibility index (Phi) is 5.57. The molecular formula is C14H22ClN3O2. The Bertz CT molecular complexity index is 459. The van der Waals surface area contributed by atoms with Crippen LogP contribution in [0.1, 0.15) is 37.2 Å². The maximum absolute atomic E-state index is 12.6. The molecule has 1 aliphatic rings. The first-order valence-corrected chi connectivity index (χ1v) is 7.64. The van der Waals surface area contributed by atoms with Crippen LogP contribution < -0.4 is 0 Å². The van der Waals surface area contributed by atoms with Gasteiger partial charge in [0, 0.05) is 19.6 Å². The van der Waals surface area contributed by atoms with E-state index in [2.05, 4.69) is 16.9 Å². The van der Waals surface area contributed by atoms with E-state index in [0.717, 1.165) is 25.9 Å². The number of hydrogen-bond donors (Lipinski definition) is 0. The number of aryl methyl sites for hydroxylation is 1. The lowest BCUT2D eigenvalue weighted by Gasteiger charge is -2.31. The zero-order valence-corrected chi connectivity index (χ0v) is 12.9. The Hall–Kier alpha value is -0.910. The molecule has 0 aromatic carbocycles. The molecule has 0 saturated carbocycles. The molecule has 1 atom stereocenters. The minimum atomic E-state index is -0.430. The van der Waals surface area contributed by atoms with Gasteiger partial charge in [-0.05, 0) is 19.4 Å². The standard InChI is InChI=1S/C14H22ClN3O2/c1-3-5-17-7-8-20-12(10-17)14(19)13-11(15)9-16-18(13)6-4-2/h9,12H,3-8,10H2,1-2H3. The Morgan fingerprint density at radius 2 is 2.20 bits per heavy atom. The summed E-state index contributed by atoms with van der Waals surface area (Å²) in [6, 6.07) is 0. The molecule has 1 unspecified atom stereocenters. The van der Waals surface area contributed by atoms with Crippen molar-refractivity contribution in [2.75, 3.05) is 26.2 Å². The average Bonchev–Trinajstić information content (AvgIpc) is 2.80. The number of hydrogen-bond acceptors (Lipinski definition) is 4. The van der Waals surface area contributed by atoms with Gasteiger partial charge in [-0.3, -0.25) is 14.4 Å². The molecule has 20 heavy (non-hydrogen) atoms. The molecule has 1 aromatic rings. The van der Waals surface area contributed by atoms with Crippen molar-refractivity contribution < 1.29 is 9.53 Å². The van der Waals surface area contributed by atoms with E-state index >= 15 is 0 Å². The van der Waals surface area contributed by atoms with Crippen LogP contribution in [0.3, 0.4) is 0 Å². The van der Waals surface area contributed by atoms with E-state index in [1.165, 1.54) is 6.20 Å². The first-order valence-electron chi connectivity index (χ1n) is 7.26. The maximum atomic E-state index is 12.6. The monoisotopic (exact) mass is 299 g/mol. The van der Waals surface area contributed by atoms with Crippen LogP contribution in [-0.4, -0.2) is 52.8 Å². The Balaban J connectivity index is 2.12. The molecule has 5 nitrogen and oxygen atoms in total. The molecule has 1 aromatic heterocycles. The fourth-order valence-electron chi connectivity index (χ4n) is 2.52. The summed E-state index contributed by atoms with van der Waals surface area (Å²) in [7, 11) is 0. The van der Waals surface area contributed by atoms with Gasteiger partial charge < -0.3 is 4.74 Å². The molecule has 0 amide bonds. The SMILES string of the molecule is CCCN1CCOC(C(=O)c2c(Cl)cnn2CCC)C1. The van der Waals surface area contributed by atoms with Crippen molar-refractivity contribution in [3.8, 4) is 0 Å². The molecule has 1 saturated heterocycles. The van der Waals surface area contributed by atoms with E-state index in [4.69, 9.17) is 16.3 Å². The van der Waals surface area contributed by atoms with Crippen molar-refractivity contribution in [1.82, 2.24) is 14.7 Å². The fraction of sp³-hybridized carbons (Fsp3) is 0.714. The smallest absolute Gasteiger partial charge is 0.212 e. The number of ether oxygens (including phenoxy) is 1. The van der Waals surface area contributed by atoms with E-state index in [9.17, 15) is 4.79 Å². The van der Waals surface area contributed by atoms with Crippen LogP contribution >= 0.6 is 11.6 Å². The molecule has 0 spiro atoms. The Morgan fingerprint density at radius 3 is 2.90 bits per heavy atom. The Labute approximate surface area is 124 Å². The summed E-state index contributed by atoms with van der Waals surface area (Å²) in [4.78, 5) is 14.9. The summed E-state index contributed by atoms with van der Waals surface area (Å²) in [5.41, 5.74) is 0.483. The molecule has 1 aliphatic heterocycles. The molecule has 2 rings (SSSR count). The van der Waals surface area contributed by atoms with Crippen molar-refractivity contribution >= 4 is 17.4 Å². The number of aromatic nitrogens is 2. The van der Waals surface area contributed by atoms with Gasteiger partial charge in [0.05, 0.1) is 17.8 Å². The fourth-order valence-corrected chi connectivity index (χ4v) is 2.76. The highest BCUT2D eigenvalue weighted by Gasteiger charge is 2.30. The highest BCUT2D eigenvalue weighted by molar-refractivity contribution is 6.33. The van der Waals surface area contributed by atoms with Crippen LogP contribution in [0.4, 0.5) is 0 Å². The second kappa shape index (κ2) is 7.20. The second-order valence-corrected chi connectivity index (χ2v) is 5.50. The third-order valence-corrected chi connectivity index (χ3v) is 3.72. The summed E-state index contributed by atoms with van der Waals surface area (Å²) in [5, 5.41) is 4.59. The van der Waals surface area contributed by atoms with Crippen LogP contribution in [0.15, 0.2) is 6.20 Å². The second-order valence-electron chi connectivity index (χ2n) is 5.09. The minimum absolute atomic E-state index is 0.0539.